The van der Waals surface area contributed by atoms with Gasteiger partial charge in [0.1, 0.15) is 10.5 Å². The van der Waals surface area contributed by atoms with E-state index in [1.807, 2.05) is 0 Å². The quantitative estimate of drug-likeness (QED) is 0.400. The summed E-state index contributed by atoms with van der Waals surface area (Å²) in [6, 6.07) is 3.63. The number of rotatable bonds is 4. The monoisotopic (exact) mass is 508 g/mol. The maximum absolute atomic E-state index is 12.5. The average molecular weight is 509 g/mol. The predicted molar refractivity (Wildman–Crippen MR) is 106 cm³/mol. The van der Waals surface area contributed by atoms with Gasteiger partial charge in [0.25, 0.3) is 11.8 Å². The summed E-state index contributed by atoms with van der Waals surface area (Å²) >= 11 is 5.90. The van der Waals surface area contributed by atoms with Gasteiger partial charge < -0.3 is 16.2 Å². The summed E-state index contributed by atoms with van der Waals surface area (Å²) in [5.41, 5.74) is 5.34. The third-order valence-corrected chi connectivity index (χ3v) is 5.03. The SMILES string of the molecule is NC(=O)c1cc(S(N)(=O)=O)c(Cl)cc1NC(=O)c1cnn2cccnc12.O=C(O)C(F)(F)F. The highest BCUT2D eigenvalue weighted by molar-refractivity contribution is 7.89. The molecule has 176 valence electrons. The number of hydrogen-bond acceptors (Lipinski definition) is 7. The van der Waals surface area contributed by atoms with Gasteiger partial charge >= 0.3 is 12.1 Å². The van der Waals surface area contributed by atoms with Crippen LogP contribution < -0.4 is 16.2 Å². The Kier molecular flexibility index (Phi) is 7.26. The molecule has 0 atom stereocenters. The number of aromatic nitrogens is 3. The van der Waals surface area contributed by atoms with E-state index in [0.29, 0.717) is 0 Å². The summed E-state index contributed by atoms with van der Waals surface area (Å²) in [4.78, 5) is 36.6. The molecule has 0 aliphatic heterocycles. The van der Waals surface area contributed by atoms with E-state index in [1.54, 1.807) is 12.3 Å². The number of sulfonamides is 1. The first kappa shape index (κ1) is 25.5. The maximum Gasteiger partial charge on any atom is 0.490 e. The highest BCUT2D eigenvalue weighted by Crippen LogP contribution is 2.28. The molecule has 17 heteroatoms. The Balaban J connectivity index is 0.000000479. The van der Waals surface area contributed by atoms with Crippen LogP contribution in [0.4, 0.5) is 18.9 Å². The fourth-order valence-electron chi connectivity index (χ4n) is 2.26. The fraction of sp³-hybridized carbons (Fsp3) is 0.0625. The largest absolute Gasteiger partial charge is 0.490 e. The lowest BCUT2D eigenvalue weighted by atomic mass is 10.1. The highest BCUT2D eigenvalue weighted by atomic mass is 35.5. The summed E-state index contributed by atoms with van der Waals surface area (Å²) in [5, 5.41) is 18.3. The van der Waals surface area contributed by atoms with Crippen molar-refractivity contribution in [2.45, 2.75) is 11.1 Å². The molecule has 2 heterocycles. The van der Waals surface area contributed by atoms with Crippen molar-refractivity contribution in [2.75, 3.05) is 5.32 Å². The van der Waals surface area contributed by atoms with Crippen LogP contribution in [0.5, 0.6) is 0 Å². The smallest absolute Gasteiger partial charge is 0.475 e. The molecule has 3 aromatic rings. The third kappa shape index (κ3) is 6.15. The van der Waals surface area contributed by atoms with Crippen molar-refractivity contribution in [1.82, 2.24) is 14.6 Å². The first-order valence-corrected chi connectivity index (χ1v) is 10.1. The number of fused-ring (bicyclic) bond motifs is 1. The van der Waals surface area contributed by atoms with Gasteiger partial charge in [-0.05, 0) is 18.2 Å². The van der Waals surface area contributed by atoms with Crippen LogP contribution in [0.25, 0.3) is 5.65 Å². The molecule has 0 radical (unpaired) electrons. The number of primary amides is 1. The first-order chi connectivity index (χ1) is 15.1. The molecular weight excluding hydrogens is 497 g/mol. The molecule has 0 aliphatic carbocycles. The molecule has 0 saturated heterocycles. The lowest BCUT2D eigenvalue weighted by Gasteiger charge is -2.11. The number of alkyl halides is 3. The number of carboxylic acids is 1. The minimum atomic E-state index is -5.08. The average Bonchev–Trinajstić information content (AvgIpc) is 3.10. The molecule has 3 rings (SSSR count). The molecule has 0 aliphatic rings. The van der Waals surface area contributed by atoms with Crippen molar-refractivity contribution in [3.05, 3.63) is 52.9 Å². The third-order valence-electron chi connectivity index (χ3n) is 3.66. The van der Waals surface area contributed by atoms with Crippen LogP contribution in [0, 0.1) is 0 Å². The zero-order valence-corrected chi connectivity index (χ0v) is 17.4. The number of nitrogens with one attached hydrogen (secondary N) is 1. The molecular formula is C16H12ClF3N6O6S. The molecule has 12 nitrogen and oxygen atoms in total. The summed E-state index contributed by atoms with van der Waals surface area (Å²) < 4.78 is 56.2. The van der Waals surface area contributed by atoms with Crippen LogP contribution >= 0.6 is 11.6 Å². The van der Waals surface area contributed by atoms with Crippen LogP contribution in [0.1, 0.15) is 20.7 Å². The van der Waals surface area contributed by atoms with Crippen LogP contribution in [0.15, 0.2) is 41.7 Å². The van der Waals surface area contributed by atoms with E-state index in [4.69, 9.17) is 32.4 Å². The topological polar surface area (TPSA) is 200 Å². The van der Waals surface area contributed by atoms with E-state index in [1.165, 1.54) is 16.9 Å². The zero-order valence-electron chi connectivity index (χ0n) is 15.9. The van der Waals surface area contributed by atoms with Gasteiger partial charge in [0.15, 0.2) is 5.65 Å². The number of carbonyl (C=O) groups is 3. The Morgan fingerprint density at radius 1 is 1.18 bits per heavy atom. The number of nitrogens with zero attached hydrogens (tertiary/aromatic N) is 3. The van der Waals surface area contributed by atoms with Gasteiger partial charge in [-0.15, -0.1) is 0 Å². The number of carboxylic acid groups (broad SMARTS) is 1. The van der Waals surface area contributed by atoms with Gasteiger partial charge in [-0.1, -0.05) is 11.6 Å². The lowest BCUT2D eigenvalue weighted by molar-refractivity contribution is -0.192. The standard InChI is InChI=1S/C14H11ClN6O4S.C2HF3O2/c15-9-5-10(7(12(16)22)4-11(9)26(17,24)25)20-14(23)8-6-19-21-3-1-2-18-13(8)21;3-2(4,5)1(6)7/h1-6H,(H2,16,22)(H,20,23)(H2,17,24,25);(H,6,7). The van der Waals surface area contributed by atoms with Gasteiger partial charge in [-0.3, -0.25) is 9.59 Å². The molecule has 2 amide bonds. The normalized spacial score (nSPS) is 11.4. The molecule has 33 heavy (non-hydrogen) atoms. The summed E-state index contributed by atoms with van der Waals surface area (Å²) in [7, 11) is -4.18. The number of amides is 2. The minimum Gasteiger partial charge on any atom is -0.475 e. The van der Waals surface area contributed by atoms with Crippen molar-refractivity contribution in [2.24, 2.45) is 10.9 Å². The van der Waals surface area contributed by atoms with E-state index in [-0.39, 0.29) is 27.5 Å². The summed E-state index contributed by atoms with van der Waals surface area (Å²) in [6.07, 6.45) is -0.700. The highest BCUT2D eigenvalue weighted by Gasteiger charge is 2.38. The van der Waals surface area contributed by atoms with Gasteiger partial charge in [-0.2, -0.15) is 18.3 Å². The van der Waals surface area contributed by atoms with Crippen LogP contribution in [-0.4, -0.2) is 52.1 Å². The van der Waals surface area contributed by atoms with E-state index >= 15 is 0 Å². The molecule has 6 N–H and O–H groups in total. The number of carbonyl (C=O) groups excluding carboxylic acids is 2. The number of hydrogen-bond donors (Lipinski definition) is 4. The second-order valence-corrected chi connectivity index (χ2v) is 7.88. The van der Waals surface area contributed by atoms with Crippen molar-refractivity contribution in [3.63, 3.8) is 0 Å². The van der Waals surface area contributed by atoms with Crippen molar-refractivity contribution in [3.8, 4) is 0 Å². The van der Waals surface area contributed by atoms with Crippen LogP contribution in [0.3, 0.4) is 0 Å². The Morgan fingerprint density at radius 2 is 1.79 bits per heavy atom. The van der Waals surface area contributed by atoms with Crippen molar-refractivity contribution in [1.29, 1.82) is 0 Å². The first-order valence-electron chi connectivity index (χ1n) is 8.19. The van der Waals surface area contributed by atoms with E-state index in [2.05, 4.69) is 15.4 Å². The molecule has 0 bridgehead atoms. The Labute approximate surface area is 187 Å². The Morgan fingerprint density at radius 3 is 2.30 bits per heavy atom. The molecule has 0 fully saturated rings. The van der Waals surface area contributed by atoms with Gasteiger partial charge in [-0.25, -0.2) is 27.9 Å². The van der Waals surface area contributed by atoms with E-state index in [9.17, 15) is 31.2 Å². The van der Waals surface area contributed by atoms with E-state index in [0.717, 1.165) is 12.1 Å². The number of aliphatic carboxylic acids is 1. The lowest BCUT2D eigenvalue weighted by Crippen LogP contribution is -2.21. The van der Waals surface area contributed by atoms with Crippen LogP contribution in [0.2, 0.25) is 5.02 Å². The molecule has 0 spiro atoms. The maximum atomic E-state index is 12.5. The van der Waals surface area contributed by atoms with Crippen LogP contribution in [-0.2, 0) is 14.8 Å². The van der Waals surface area contributed by atoms with Gasteiger partial charge in [0.05, 0.1) is 22.5 Å². The summed E-state index contributed by atoms with van der Waals surface area (Å²) in [6.45, 7) is 0. The molecule has 1 aromatic carbocycles. The summed E-state index contributed by atoms with van der Waals surface area (Å²) in [5.74, 6) is -4.37. The minimum absolute atomic E-state index is 0.0739. The molecule has 2 aromatic heterocycles. The Bertz CT molecular complexity index is 1360. The number of anilines is 1. The van der Waals surface area contributed by atoms with Gasteiger partial charge in [0, 0.05) is 12.4 Å². The number of primary sulfonamides is 1. The van der Waals surface area contributed by atoms with E-state index < -0.39 is 38.9 Å². The Hall–Kier alpha value is -3.76. The number of nitrogens with two attached hydrogens (primary N) is 2. The van der Waals surface area contributed by atoms with Gasteiger partial charge in [0.2, 0.25) is 10.0 Å². The molecule has 0 saturated carbocycles. The second kappa shape index (κ2) is 9.39. The predicted octanol–water partition coefficient (Wildman–Crippen LogP) is 1.01. The number of halogens is 4. The fourth-order valence-corrected chi connectivity index (χ4v) is 3.35. The van der Waals surface area contributed by atoms with Crippen molar-refractivity contribution < 1.29 is 41.1 Å². The second-order valence-electron chi connectivity index (χ2n) is 5.94. The molecule has 0 unspecified atom stereocenters. The van der Waals surface area contributed by atoms with Crippen molar-refractivity contribution >= 4 is 50.7 Å². The number of benzene rings is 1. The zero-order chi connectivity index (χ0) is 25.1.